The van der Waals surface area contributed by atoms with Crippen LogP contribution in [0.4, 0.5) is 4.79 Å². The number of hydrogen-bond acceptors (Lipinski definition) is 4. The van der Waals surface area contributed by atoms with Gasteiger partial charge in [-0.1, -0.05) is 25.0 Å². The summed E-state index contributed by atoms with van der Waals surface area (Å²) in [6.45, 7) is 0.773. The maximum Gasteiger partial charge on any atom is 0.315 e. The van der Waals surface area contributed by atoms with E-state index in [1.54, 1.807) is 24.5 Å². The molecule has 1 aromatic carbocycles. The van der Waals surface area contributed by atoms with Crippen molar-refractivity contribution in [3.8, 4) is 11.1 Å². The molecule has 3 amide bonds. The van der Waals surface area contributed by atoms with Gasteiger partial charge >= 0.3 is 6.03 Å². The molecular weight excluding hydrogens is 330 g/mol. The molecule has 1 aliphatic carbocycles. The zero-order valence-electron chi connectivity index (χ0n) is 14.6. The van der Waals surface area contributed by atoms with E-state index in [0.717, 1.165) is 24.0 Å². The molecule has 0 atom stereocenters. The number of nitrogens with zero attached hydrogens (tertiary/aromatic N) is 2. The van der Waals surface area contributed by atoms with E-state index in [1.807, 2.05) is 12.1 Å². The van der Waals surface area contributed by atoms with E-state index in [2.05, 4.69) is 25.9 Å². The van der Waals surface area contributed by atoms with Gasteiger partial charge in [-0.3, -0.25) is 4.79 Å². The van der Waals surface area contributed by atoms with Gasteiger partial charge in [0.1, 0.15) is 6.33 Å². The Balaban J connectivity index is 1.40. The van der Waals surface area contributed by atoms with Crippen LogP contribution in [0, 0.1) is 0 Å². The van der Waals surface area contributed by atoms with Gasteiger partial charge in [-0.05, 0) is 30.5 Å². The lowest BCUT2D eigenvalue weighted by atomic mass is 10.1. The van der Waals surface area contributed by atoms with Crippen molar-refractivity contribution in [1.82, 2.24) is 25.9 Å². The molecule has 1 aliphatic rings. The van der Waals surface area contributed by atoms with Gasteiger partial charge in [-0.2, -0.15) is 0 Å². The first kappa shape index (κ1) is 17.8. The summed E-state index contributed by atoms with van der Waals surface area (Å²) in [6, 6.07) is 7.37. The van der Waals surface area contributed by atoms with E-state index in [4.69, 9.17) is 0 Å². The summed E-state index contributed by atoms with van der Waals surface area (Å²) in [5, 5.41) is 8.52. The second-order valence-electron chi connectivity index (χ2n) is 6.34. The monoisotopic (exact) mass is 353 g/mol. The highest BCUT2D eigenvalue weighted by atomic mass is 16.2. The molecule has 0 saturated heterocycles. The van der Waals surface area contributed by atoms with Crippen molar-refractivity contribution in [2.45, 2.75) is 31.7 Å². The van der Waals surface area contributed by atoms with Crippen LogP contribution in [-0.2, 0) is 0 Å². The van der Waals surface area contributed by atoms with Gasteiger partial charge in [-0.25, -0.2) is 14.8 Å². The summed E-state index contributed by atoms with van der Waals surface area (Å²) in [5.41, 5.74) is 2.42. The number of rotatable bonds is 6. The van der Waals surface area contributed by atoms with Gasteiger partial charge in [0.2, 0.25) is 0 Å². The van der Waals surface area contributed by atoms with E-state index in [-0.39, 0.29) is 18.0 Å². The van der Waals surface area contributed by atoms with Gasteiger partial charge in [0.15, 0.2) is 0 Å². The molecule has 3 rings (SSSR count). The molecule has 0 radical (unpaired) electrons. The normalized spacial score (nSPS) is 14.0. The maximum atomic E-state index is 12.2. The molecule has 0 aliphatic heterocycles. The number of benzene rings is 1. The summed E-state index contributed by atoms with van der Waals surface area (Å²) in [5.74, 6) is -0.168. The van der Waals surface area contributed by atoms with Crippen LogP contribution in [0.5, 0.6) is 0 Å². The Morgan fingerprint density at radius 2 is 1.58 bits per heavy atom. The predicted octanol–water partition coefficient (Wildman–Crippen LogP) is 2.12. The van der Waals surface area contributed by atoms with Gasteiger partial charge in [0.25, 0.3) is 5.91 Å². The van der Waals surface area contributed by atoms with Gasteiger partial charge in [0, 0.05) is 42.7 Å². The molecule has 7 heteroatoms. The van der Waals surface area contributed by atoms with Crippen LogP contribution in [0.1, 0.15) is 36.0 Å². The Bertz CT molecular complexity index is 727. The highest BCUT2D eigenvalue weighted by molar-refractivity contribution is 5.94. The molecule has 1 heterocycles. The minimum atomic E-state index is -0.168. The first-order valence-electron chi connectivity index (χ1n) is 8.90. The Labute approximate surface area is 152 Å². The topological polar surface area (TPSA) is 96.0 Å². The molecule has 2 aromatic rings. The molecule has 136 valence electrons. The molecule has 7 nitrogen and oxygen atoms in total. The third-order valence-corrected chi connectivity index (χ3v) is 4.43. The van der Waals surface area contributed by atoms with E-state index >= 15 is 0 Å². The third-order valence-electron chi connectivity index (χ3n) is 4.43. The molecule has 26 heavy (non-hydrogen) atoms. The SMILES string of the molecule is O=C(NCCNC(=O)c1ccc(-c2cncnc2)cc1)NC1CCCC1. The summed E-state index contributed by atoms with van der Waals surface area (Å²) >= 11 is 0. The van der Waals surface area contributed by atoms with Crippen LogP contribution in [0.3, 0.4) is 0 Å². The summed E-state index contributed by atoms with van der Waals surface area (Å²) in [6.07, 6.45) is 9.39. The zero-order valence-corrected chi connectivity index (χ0v) is 14.6. The molecule has 0 bridgehead atoms. The number of amides is 3. The van der Waals surface area contributed by atoms with Crippen LogP contribution >= 0.6 is 0 Å². The Hall–Kier alpha value is -2.96. The summed E-state index contributed by atoms with van der Waals surface area (Å²) in [7, 11) is 0. The number of aromatic nitrogens is 2. The van der Waals surface area contributed by atoms with Crippen LogP contribution in [0.25, 0.3) is 11.1 Å². The Morgan fingerprint density at radius 3 is 2.27 bits per heavy atom. The molecule has 0 spiro atoms. The molecule has 1 fully saturated rings. The Kier molecular flexibility index (Phi) is 6.14. The quantitative estimate of drug-likeness (QED) is 0.693. The predicted molar refractivity (Wildman–Crippen MR) is 98.6 cm³/mol. The summed E-state index contributed by atoms with van der Waals surface area (Å²) < 4.78 is 0. The standard InChI is InChI=1S/C19H23N5O2/c25-18(22-9-10-23-19(26)24-17-3-1-2-4-17)15-7-5-14(6-8-15)16-11-20-13-21-12-16/h5-8,11-13,17H,1-4,9-10H2,(H,22,25)(H2,23,24,26). The smallest absolute Gasteiger partial charge is 0.315 e. The van der Waals surface area contributed by atoms with Crippen LogP contribution in [0.2, 0.25) is 0 Å². The van der Waals surface area contributed by atoms with E-state index in [9.17, 15) is 9.59 Å². The molecule has 0 unspecified atom stereocenters. The van der Waals surface area contributed by atoms with E-state index in [1.165, 1.54) is 19.2 Å². The lowest BCUT2D eigenvalue weighted by Gasteiger charge is -2.13. The fourth-order valence-corrected chi connectivity index (χ4v) is 3.02. The molecular formula is C19H23N5O2. The number of carbonyl (C=O) groups is 2. The number of carbonyl (C=O) groups excluding carboxylic acids is 2. The Morgan fingerprint density at radius 1 is 0.923 bits per heavy atom. The van der Waals surface area contributed by atoms with Crippen LogP contribution in [0.15, 0.2) is 43.0 Å². The van der Waals surface area contributed by atoms with Crippen LogP contribution < -0.4 is 16.0 Å². The van der Waals surface area contributed by atoms with Crippen molar-refractivity contribution >= 4 is 11.9 Å². The van der Waals surface area contributed by atoms with E-state index in [0.29, 0.717) is 18.7 Å². The average molecular weight is 353 g/mol. The third kappa shape index (κ3) is 5.02. The minimum Gasteiger partial charge on any atom is -0.350 e. The first-order chi connectivity index (χ1) is 12.7. The number of urea groups is 1. The summed E-state index contributed by atoms with van der Waals surface area (Å²) in [4.78, 5) is 31.9. The minimum absolute atomic E-state index is 0.166. The fraction of sp³-hybridized carbons (Fsp3) is 0.368. The lowest BCUT2D eigenvalue weighted by Crippen LogP contribution is -2.43. The molecule has 1 aromatic heterocycles. The molecule has 1 saturated carbocycles. The van der Waals surface area contributed by atoms with Gasteiger partial charge in [-0.15, -0.1) is 0 Å². The van der Waals surface area contributed by atoms with Crippen molar-refractivity contribution in [1.29, 1.82) is 0 Å². The second kappa shape index (κ2) is 8.94. The van der Waals surface area contributed by atoms with Crippen LogP contribution in [-0.4, -0.2) is 41.0 Å². The lowest BCUT2D eigenvalue weighted by molar-refractivity contribution is 0.0954. The highest BCUT2D eigenvalue weighted by Gasteiger charge is 2.16. The van der Waals surface area contributed by atoms with Gasteiger partial charge in [0.05, 0.1) is 0 Å². The largest absolute Gasteiger partial charge is 0.350 e. The van der Waals surface area contributed by atoms with Crippen molar-refractivity contribution < 1.29 is 9.59 Å². The van der Waals surface area contributed by atoms with Crippen molar-refractivity contribution in [2.75, 3.05) is 13.1 Å². The second-order valence-corrected chi connectivity index (χ2v) is 6.34. The number of hydrogen-bond donors (Lipinski definition) is 3. The van der Waals surface area contributed by atoms with Crippen molar-refractivity contribution in [2.24, 2.45) is 0 Å². The van der Waals surface area contributed by atoms with Crippen molar-refractivity contribution in [3.63, 3.8) is 0 Å². The van der Waals surface area contributed by atoms with Gasteiger partial charge < -0.3 is 16.0 Å². The van der Waals surface area contributed by atoms with Crippen molar-refractivity contribution in [3.05, 3.63) is 48.5 Å². The fourth-order valence-electron chi connectivity index (χ4n) is 3.02. The maximum absolute atomic E-state index is 12.2. The zero-order chi connectivity index (χ0) is 18.2. The van der Waals surface area contributed by atoms with E-state index < -0.39 is 0 Å². The highest BCUT2D eigenvalue weighted by Crippen LogP contribution is 2.18. The average Bonchev–Trinajstić information content (AvgIpc) is 3.19. The molecule has 3 N–H and O–H groups in total. The first-order valence-corrected chi connectivity index (χ1v) is 8.90. The number of nitrogens with one attached hydrogen (secondary N) is 3.